The van der Waals surface area contributed by atoms with E-state index in [9.17, 15) is 14.7 Å². The minimum absolute atomic E-state index is 0.0636. The first-order valence-corrected chi connectivity index (χ1v) is 13.9. The molecule has 2 aromatic carbocycles. The molecular weight excluding hydrogens is 560 g/mol. The Kier molecular flexibility index (Phi) is 6.50. The molecule has 0 bridgehead atoms. The van der Waals surface area contributed by atoms with E-state index < -0.39 is 0 Å². The van der Waals surface area contributed by atoms with Crippen molar-refractivity contribution < 1.29 is 19.4 Å². The van der Waals surface area contributed by atoms with Crippen LogP contribution in [0, 0.1) is 0 Å². The molecule has 1 aliphatic rings. The number of ether oxygens (including phenoxy) is 1. The van der Waals surface area contributed by atoms with Crippen molar-refractivity contribution in [2.24, 2.45) is 0 Å². The number of phenolic OH excluding ortho intramolecular Hbond substituents is 1. The van der Waals surface area contributed by atoms with Crippen LogP contribution in [0.25, 0.3) is 34.1 Å². The van der Waals surface area contributed by atoms with Crippen LogP contribution in [0.4, 0.5) is 5.82 Å². The Morgan fingerprint density at radius 3 is 2.77 bits per heavy atom. The number of anilines is 1. The van der Waals surface area contributed by atoms with E-state index in [0.29, 0.717) is 58.2 Å². The van der Waals surface area contributed by atoms with Gasteiger partial charge in [0.05, 0.1) is 24.3 Å². The quantitative estimate of drug-likeness (QED) is 0.233. The van der Waals surface area contributed by atoms with Gasteiger partial charge in [-0.05, 0) is 72.5 Å². The maximum atomic E-state index is 13.0. The number of nitrogens with one attached hydrogen (secondary N) is 1. The standard InChI is InChI=1S/C32H26N8O4/c1-44-27-16-25-30(38-31(27)39-13-3-12-35-39)40(29(36-25)23-4-2-11-34-28(23)33)21-7-8-22-18(15-21)5-9-24(22)37-32(43)19-6-10-26(42)20(14-19)17-41/h2-4,6-8,10-17,24,42H,5,9H2,1H3,(H2,33,34)(H,37,43)/t24-/m0/s1. The lowest BCUT2D eigenvalue weighted by Crippen LogP contribution is -2.27. The molecule has 0 saturated heterocycles. The van der Waals surface area contributed by atoms with Crippen molar-refractivity contribution in [3.8, 4) is 34.4 Å². The SMILES string of the molecule is COc1cc2nc(-c3cccnc3N)n(-c3ccc4c(c3)CC[C@@H]4NC(=O)c3ccc(O)c(C=O)c3)c2nc1-n1cccn1. The Bertz CT molecular complexity index is 2070. The lowest BCUT2D eigenvalue weighted by Gasteiger charge is -2.16. The van der Waals surface area contributed by atoms with Gasteiger partial charge in [0.15, 0.2) is 29.3 Å². The summed E-state index contributed by atoms with van der Waals surface area (Å²) in [6.07, 6.45) is 7.05. The number of aldehydes is 1. The number of methoxy groups -OCH3 is 1. The average Bonchev–Trinajstić information content (AvgIpc) is 3.80. The number of hydrogen-bond donors (Lipinski definition) is 3. The van der Waals surface area contributed by atoms with Gasteiger partial charge < -0.3 is 20.9 Å². The summed E-state index contributed by atoms with van der Waals surface area (Å²) in [5.74, 6) is 1.43. The zero-order chi connectivity index (χ0) is 30.4. The highest BCUT2D eigenvalue weighted by molar-refractivity contribution is 5.96. The van der Waals surface area contributed by atoms with E-state index in [1.54, 1.807) is 36.4 Å². The highest BCUT2D eigenvalue weighted by Gasteiger charge is 2.27. The zero-order valence-electron chi connectivity index (χ0n) is 23.5. The van der Waals surface area contributed by atoms with Gasteiger partial charge in [-0.15, -0.1) is 0 Å². The number of hydrogen-bond acceptors (Lipinski definition) is 9. The van der Waals surface area contributed by atoms with Crippen molar-refractivity contribution in [3.05, 3.63) is 102 Å². The minimum atomic E-state index is -0.325. The van der Waals surface area contributed by atoms with E-state index >= 15 is 0 Å². The van der Waals surface area contributed by atoms with E-state index in [0.717, 1.165) is 23.2 Å². The first-order chi connectivity index (χ1) is 21.4. The largest absolute Gasteiger partial charge is 0.507 e. The molecule has 0 radical (unpaired) electrons. The molecule has 4 N–H and O–H groups in total. The van der Waals surface area contributed by atoms with Crippen molar-refractivity contribution in [2.45, 2.75) is 18.9 Å². The van der Waals surface area contributed by atoms with Gasteiger partial charge in [0.25, 0.3) is 5.91 Å². The fourth-order valence-electron chi connectivity index (χ4n) is 5.64. The Hall–Kier alpha value is -6.04. The summed E-state index contributed by atoms with van der Waals surface area (Å²) in [6.45, 7) is 0. The maximum Gasteiger partial charge on any atom is 0.251 e. The number of aromatic hydroxyl groups is 1. The Balaban J connectivity index is 1.31. The summed E-state index contributed by atoms with van der Waals surface area (Å²) >= 11 is 0. The summed E-state index contributed by atoms with van der Waals surface area (Å²) in [6, 6.07) is 17.3. The number of nitrogens with zero attached hydrogens (tertiary/aromatic N) is 6. The average molecular weight is 587 g/mol. The number of carbonyl (C=O) groups is 2. The zero-order valence-corrected chi connectivity index (χ0v) is 23.5. The normalized spacial score (nSPS) is 14.0. The summed E-state index contributed by atoms with van der Waals surface area (Å²) in [4.78, 5) is 38.4. The van der Waals surface area contributed by atoms with Gasteiger partial charge in [0.2, 0.25) is 0 Å². The first-order valence-electron chi connectivity index (χ1n) is 13.9. The van der Waals surface area contributed by atoms with Crippen LogP contribution in [0.15, 0.2) is 79.3 Å². The minimum Gasteiger partial charge on any atom is -0.507 e. The van der Waals surface area contributed by atoms with Gasteiger partial charge in [-0.2, -0.15) is 5.10 Å². The molecule has 1 atom stereocenters. The molecule has 0 unspecified atom stereocenters. The van der Waals surface area contributed by atoms with Crippen molar-refractivity contribution >= 4 is 29.2 Å². The first kappa shape index (κ1) is 26.8. The third-order valence-electron chi connectivity index (χ3n) is 7.78. The number of phenols is 1. The van der Waals surface area contributed by atoms with Crippen LogP contribution in [-0.4, -0.2) is 53.7 Å². The summed E-state index contributed by atoms with van der Waals surface area (Å²) in [5.41, 5.74) is 11.4. The van der Waals surface area contributed by atoms with E-state index in [1.807, 2.05) is 34.9 Å². The van der Waals surface area contributed by atoms with Crippen LogP contribution < -0.4 is 15.8 Å². The van der Waals surface area contributed by atoms with E-state index in [4.69, 9.17) is 20.4 Å². The monoisotopic (exact) mass is 586 g/mol. The number of pyridine rings is 2. The molecular formula is C32H26N8O4. The fourth-order valence-corrected chi connectivity index (χ4v) is 5.64. The molecule has 218 valence electrons. The summed E-state index contributed by atoms with van der Waals surface area (Å²) < 4.78 is 9.22. The number of carbonyl (C=O) groups excluding carboxylic acids is 2. The van der Waals surface area contributed by atoms with E-state index in [2.05, 4.69) is 21.5 Å². The third-order valence-corrected chi connectivity index (χ3v) is 7.78. The molecule has 1 aliphatic carbocycles. The fraction of sp³-hybridized carbons (Fsp3) is 0.125. The highest BCUT2D eigenvalue weighted by atomic mass is 16.5. The van der Waals surface area contributed by atoms with Crippen molar-refractivity contribution in [1.82, 2.24) is 34.6 Å². The molecule has 0 fully saturated rings. The number of imidazole rings is 1. The van der Waals surface area contributed by atoms with Crippen molar-refractivity contribution in [1.29, 1.82) is 0 Å². The van der Waals surface area contributed by atoms with Gasteiger partial charge in [0, 0.05) is 35.9 Å². The predicted octanol–water partition coefficient (Wildman–Crippen LogP) is 4.19. The van der Waals surface area contributed by atoms with Crippen LogP contribution in [0.3, 0.4) is 0 Å². The van der Waals surface area contributed by atoms with Crippen molar-refractivity contribution in [2.75, 3.05) is 12.8 Å². The van der Waals surface area contributed by atoms with Crippen LogP contribution in [0.1, 0.15) is 44.3 Å². The van der Waals surface area contributed by atoms with E-state index in [1.165, 1.54) is 18.2 Å². The molecule has 4 heterocycles. The number of nitrogen functional groups attached to an aromatic ring is 1. The molecule has 44 heavy (non-hydrogen) atoms. The number of rotatable bonds is 7. The Morgan fingerprint density at radius 1 is 1.11 bits per heavy atom. The van der Waals surface area contributed by atoms with E-state index in [-0.39, 0.29) is 23.3 Å². The molecule has 1 amide bonds. The Morgan fingerprint density at radius 2 is 2.00 bits per heavy atom. The highest BCUT2D eigenvalue weighted by Crippen LogP contribution is 2.37. The number of fused-ring (bicyclic) bond motifs is 2. The van der Waals surface area contributed by atoms with Gasteiger partial charge in [0.1, 0.15) is 17.1 Å². The second-order valence-electron chi connectivity index (χ2n) is 10.4. The van der Waals surface area contributed by atoms with Gasteiger partial charge >= 0.3 is 0 Å². The van der Waals surface area contributed by atoms with Crippen LogP contribution in [0.2, 0.25) is 0 Å². The molecule has 12 nitrogen and oxygen atoms in total. The molecule has 0 spiro atoms. The number of nitrogens with two attached hydrogens (primary N) is 1. The molecule has 4 aromatic heterocycles. The smallest absolute Gasteiger partial charge is 0.251 e. The Labute approximate surface area is 250 Å². The predicted molar refractivity (Wildman–Crippen MR) is 162 cm³/mol. The number of aryl methyl sites for hydroxylation is 1. The van der Waals surface area contributed by atoms with Crippen LogP contribution in [-0.2, 0) is 6.42 Å². The lowest BCUT2D eigenvalue weighted by atomic mass is 10.1. The molecule has 7 rings (SSSR count). The van der Waals surface area contributed by atoms with Gasteiger partial charge in [-0.3, -0.25) is 14.2 Å². The molecule has 0 saturated carbocycles. The second-order valence-corrected chi connectivity index (χ2v) is 10.4. The van der Waals surface area contributed by atoms with Crippen LogP contribution in [0.5, 0.6) is 11.5 Å². The number of aromatic nitrogens is 6. The van der Waals surface area contributed by atoms with Gasteiger partial charge in [-0.25, -0.2) is 19.6 Å². The summed E-state index contributed by atoms with van der Waals surface area (Å²) in [7, 11) is 1.57. The lowest BCUT2D eigenvalue weighted by molar-refractivity contribution is 0.0936. The number of amides is 1. The molecule has 0 aliphatic heterocycles. The van der Waals surface area contributed by atoms with Crippen LogP contribution >= 0.6 is 0 Å². The summed E-state index contributed by atoms with van der Waals surface area (Å²) in [5, 5.41) is 17.2. The van der Waals surface area contributed by atoms with Gasteiger partial charge in [-0.1, -0.05) is 6.07 Å². The molecule has 12 heteroatoms. The topological polar surface area (TPSA) is 163 Å². The second kappa shape index (κ2) is 10.7. The maximum absolute atomic E-state index is 13.0. The molecule has 6 aromatic rings. The van der Waals surface area contributed by atoms with Crippen molar-refractivity contribution in [3.63, 3.8) is 0 Å². The number of benzene rings is 2. The third kappa shape index (κ3) is 4.49.